The molecule has 7 nitrogen and oxygen atoms in total. The second-order valence-corrected chi connectivity index (χ2v) is 7.37. The van der Waals surface area contributed by atoms with Gasteiger partial charge in [-0.25, -0.2) is 0 Å². The number of rotatable bonds is 6. The third kappa shape index (κ3) is 4.13. The van der Waals surface area contributed by atoms with E-state index in [1.807, 2.05) is 25.1 Å². The summed E-state index contributed by atoms with van der Waals surface area (Å²) >= 11 is 0. The minimum atomic E-state index is 0.00461. The molecule has 0 spiro atoms. The highest BCUT2D eigenvalue weighted by atomic mass is 16.1. The fraction of sp³-hybridized carbons (Fsp3) is 0.429. The monoisotopic (exact) mass is 378 g/mol. The van der Waals surface area contributed by atoms with Gasteiger partial charge in [-0.2, -0.15) is 4.52 Å². The first kappa shape index (κ1) is 18.4. The minimum absolute atomic E-state index is 0.00461. The third-order valence-corrected chi connectivity index (χ3v) is 5.31. The van der Waals surface area contributed by atoms with Crippen molar-refractivity contribution in [3.8, 4) is 0 Å². The van der Waals surface area contributed by atoms with Crippen LogP contribution in [0.2, 0.25) is 0 Å². The van der Waals surface area contributed by atoms with Crippen molar-refractivity contribution < 1.29 is 4.79 Å². The molecular weight excluding hydrogens is 352 g/mol. The van der Waals surface area contributed by atoms with Crippen LogP contribution >= 0.6 is 0 Å². The van der Waals surface area contributed by atoms with E-state index in [2.05, 4.69) is 49.8 Å². The molecular formula is C21H26N6O. The van der Waals surface area contributed by atoms with Gasteiger partial charge < -0.3 is 10.2 Å². The van der Waals surface area contributed by atoms with Crippen LogP contribution in [0, 0.1) is 12.8 Å². The number of benzene rings is 1. The maximum Gasteiger partial charge on any atom is 0.224 e. The Morgan fingerprint density at radius 3 is 2.89 bits per heavy atom. The lowest BCUT2D eigenvalue weighted by Gasteiger charge is -2.32. The summed E-state index contributed by atoms with van der Waals surface area (Å²) in [5.74, 6) is 1.79. The largest absolute Gasteiger partial charge is 0.356 e. The van der Waals surface area contributed by atoms with E-state index in [-0.39, 0.29) is 11.8 Å². The Balaban J connectivity index is 1.31. The average Bonchev–Trinajstić information content (AvgIpc) is 3.12. The van der Waals surface area contributed by atoms with Gasteiger partial charge in [-0.15, -0.1) is 15.3 Å². The number of amides is 1. The number of fused-ring (bicyclic) bond motifs is 1. The summed E-state index contributed by atoms with van der Waals surface area (Å²) in [6.07, 6.45) is 3.86. The first-order chi connectivity index (χ1) is 13.7. The van der Waals surface area contributed by atoms with E-state index in [9.17, 15) is 4.79 Å². The Bertz CT molecular complexity index is 938. The van der Waals surface area contributed by atoms with Gasteiger partial charge in [0.05, 0.1) is 5.92 Å². The van der Waals surface area contributed by atoms with Crippen molar-refractivity contribution in [2.24, 2.45) is 5.92 Å². The summed E-state index contributed by atoms with van der Waals surface area (Å²) in [6.45, 7) is 4.22. The van der Waals surface area contributed by atoms with Gasteiger partial charge in [-0.3, -0.25) is 4.79 Å². The van der Waals surface area contributed by atoms with Gasteiger partial charge in [0.2, 0.25) is 5.91 Å². The van der Waals surface area contributed by atoms with Gasteiger partial charge in [0, 0.05) is 19.6 Å². The molecule has 1 N–H and O–H groups in total. The molecule has 1 aliphatic heterocycles. The zero-order chi connectivity index (χ0) is 19.3. The van der Waals surface area contributed by atoms with Crippen LogP contribution in [0.1, 0.15) is 30.7 Å². The van der Waals surface area contributed by atoms with Crippen LogP contribution in [0.4, 0.5) is 5.82 Å². The highest BCUT2D eigenvalue weighted by molar-refractivity contribution is 5.79. The fourth-order valence-corrected chi connectivity index (χ4v) is 3.75. The van der Waals surface area contributed by atoms with Crippen LogP contribution in [0.25, 0.3) is 5.65 Å². The normalized spacial score (nSPS) is 17.0. The number of hydrogen-bond donors (Lipinski definition) is 1. The second-order valence-electron chi connectivity index (χ2n) is 7.37. The second kappa shape index (κ2) is 8.37. The van der Waals surface area contributed by atoms with Crippen LogP contribution in [-0.2, 0) is 11.2 Å². The summed E-state index contributed by atoms with van der Waals surface area (Å²) in [5, 5.41) is 15.9. The van der Waals surface area contributed by atoms with Crippen LogP contribution in [-0.4, -0.2) is 45.4 Å². The number of aryl methyl sites for hydroxylation is 2. The van der Waals surface area contributed by atoms with Gasteiger partial charge in [0.25, 0.3) is 0 Å². The van der Waals surface area contributed by atoms with E-state index in [0.29, 0.717) is 13.1 Å². The van der Waals surface area contributed by atoms with Crippen molar-refractivity contribution in [1.82, 2.24) is 25.1 Å². The van der Waals surface area contributed by atoms with Crippen LogP contribution in [0.5, 0.6) is 0 Å². The van der Waals surface area contributed by atoms with Crippen molar-refractivity contribution in [3.05, 3.63) is 53.9 Å². The SMILES string of the molecule is Cc1nnc2ccc(N3CCC[C@@H](C(=O)NCCCc4ccccc4)C3)nn12. The maximum atomic E-state index is 12.6. The quantitative estimate of drug-likeness (QED) is 0.667. The first-order valence-electron chi connectivity index (χ1n) is 9.96. The number of carbonyl (C=O) groups excluding carboxylic acids is 1. The molecule has 1 amide bonds. The topological polar surface area (TPSA) is 75.4 Å². The van der Waals surface area contributed by atoms with Gasteiger partial charge in [-0.1, -0.05) is 30.3 Å². The Labute approximate surface area is 164 Å². The third-order valence-electron chi connectivity index (χ3n) is 5.31. The molecule has 7 heteroatoms. The minimum Gasteiger partial charge on any atom is -0.356 e. The molecule has 1 saturated heterocycles. The van der Waals surface area contributed by atoms with E-state index < -0.39 is 0 Å². The lowest BCUT2D eigenvalue weighted by atomic mass is 9.97. The summed E-state index contributed by atoms with van der Waals surface area (Å²) < 4.78 is 1.75. The van der Waals surface area contributed by atoms with Crippen LogP contribution in [0.3, 0.4) is 0 Å². The lowest BCUT2D eigenvalue weighted by molar-refractivity contribution is -0.125. The Morgan fingerprint density at radius 1 is 1.18 bits per heavy atom. The molecule has 1 aliphatic rings. The molecule has 3 aromatic rings. The molecule has 1 aromatic carbocycles. The molecule has 28 heavy (non-hydrogen) atoms. The Morgan fingerprint density at radius 2 is 2.04 bits per heavy atom. The average molecular weight is 378 g/mol. The van der Waals surface area contributed by atoms with Crippen molar-refractivity contribution in [2.45, 2.75) is 32.6 Å². The van der Waals surface area contributed by atoms with E-state index in [4.69, 9.17) is 0 Å². The smallest absolute Gasteiger partial charge is 0.224 e. The van der Waals surface area contributed by atoms with Gasteiger partial charge >= 0.3 is 0 Å². The van der Waals surface area contributed by atoms with Gasteiger partial charge in [0.15, 0.2) is 11.5 Å². The highest BCUT2D eigenvalue weighted by Crippen LogP contribution is 2.22. The number of nitrogens with one attached hydrogen (secondary N) is 1. The molecule has 1 fully saturated rings. The van der Waals surface area contributed by atoms with Crippen molar-refractivity contribution in [1.29, 1.82) is 0 Å². The van der Waals surface area contributed by atoms with E-state index in [1.165, 1.54) is 5.56 Å². The first-order valence-corrected chi connectivity index (χ1v) is 9.96. The lowest BCUT2D eigenvalue weighted by Crippen LogP contribution is -2.43. The summed E-state index contributed by atoms with van der Waals surface area (Å²) in [7, 11) is 0. The molecule has 146 valence electrons. The standard InChI is InChI=1S/C21H26N6O/c1-16-23-24-19-11-12-20(25-27(16)19)26-14-6-10-18(15-26)21(28)22-13-5-9-17-7-3-2-4-8-17/h2-4,7-8,11-12,18H,5-6,9-10,13-15H2,1H3,(H,22,28)/t18-/m1/s1. The van der Waals surface area contributed by atoms with Crippen molar-refractivity contribution in [3.63, 3.8) is 0 Å². The summed E-state index contributed by atoms with van der Waals surface area (Å²) in [6, 6.07) is 14.3. The number of anilines is 1. The molecule has 2 aromatic heterocycles. The number of carbonyl (C=O) groups is 1. The molecule has 0 bridgehead atoms. The van der Waals surface area contributed by atoms with Crippen molar-refractivity contribution in [2.75, 3.05) is 24.5 Å². The number of aromatic nitrogens is 4. The Hall–Kier alpha value is -2.96. The van der Waals surface area contributed by atoms with Crippen LogP contribution < -0.4 is 10.2 Å². The molecule has 4 rings (SSSR count). The maximum absolute atomic E-state index is 12.6. The van der Waals surface area contributed by atoms with Crippen molar-refractivity contribution >= 4 is 17.4 Å². The van der Waals surface area contributed by atoms with Gasteiger partial charge in [-0.05, 0) is 50.3 Å². The molecule has 0 radical (unpaired) electrons. The molecule has 0 unspecified atom stereocenters. The van der Waals surface area contributed by atoms with E-state index >= 15 is 0 Å². The van der Waals surface area contributed by atoms with Gasteiger partial charge in [0.1, 0.15) is 5.82 Å². The molecule has 1 atom stereocenters. The summed E-state index contributed by atoms with van der Waals surface area (Å²) in [4.78, 5) is 14.8. The highest BCUT2D eigenvalue weighted by Gasteiger charge is 2.26. The predicted octanol–water partition coefficient (Wildman–Crippen LogP) is 2.40. The summed E-state index contributed by atoms with van der Waals surface area (Å²) in [5.41, 5.74) is 2.05. The van der Waals surface area contributed by atoms with Crippen LogP contribution in [0.15, 0.2) is 42.5 Å². The van der Waals surface area contributed by atoms with E-state index in [0.717, 1.165) is 49.5 Å². The predicted molar refractivity (Wildman–Crippen MR) is 108 cm³/mol. The zero-order valence-electron chi connectivity index (χ0n) is 16.2. The number of hydrogen-bond acceptors (Lipinski definition) is 5. The Kier molecular flexibility index (Phi) is 5.50. The van der Waals surface area contributed by atoms with E-state index in [1.54, 1.807) is 4.52 Å². The molecule has 0 aliphatic carbocycles. The zero-order valence-corrected chi connectivity index (χ0v) is 16.2. The number of piperidine rings is 1. The number of nitrogens with zero attached hydrogens (tertiary/aromatic N) is 5. The molecule has 0 saturated carbocycles. The molecule has 3 heterocycles. The fourth-order valence-electron chi connectivity index (χ4n) is 3.75.